The van der Waals surface area contributed by atoms with Gasteiger partial charge in [0.1, 0.15) is 0 Å². The summed E-state index contributed by atoms with van der Waals surface area (Å²) in [5.74, 6) is 0. The molecule has 0 aliphatic heterocycles. The minimum atomic E-state index is -0.563. The maximum atomic E-state index is 10.0. The smallest absolute Gasteiger partial charge is 0.202 e. The molecule has 1 heterocycles. The number of aromatic nitrogens is 2. The van der Waals surface area contributed by atoms with Crippen LogP contribution in [-0.4, -0.2) is 14.7 Å². The highest BCUT2D eigenvalue weighted by Crippen LogP contribution is 2.17. The van der Waals surface area contributed by atoms with Crippen molar-refractivity contribution in [3.8, 4) is 0 Å². The highest BCUT2D eigenvalue weighted by Gasteiger charge is 2.09. The number of aryl methyl sites for hydroxylation is 1. The molecule has 1 N–H and O–H groups in total. The van der Waals surface area contributed by atoms with E-state index in [4.69, 9.17) is 11.6 Å². The van der Waals surface area contributed by atoms with Crippen LogP contribution in [0, 0.1) is 6.92 Å². The first kappa shape index (κ1) is 11.2. The molecule has 84 valence electrons. The lowest BCUT2D eigenvalue weighted by molar-refractivity contribution is 0.156. The number of aliphatic hydroxyl groups is 1. The van der Waals surface area contributed by atoms with Crippen LogP contribution in [-0.2, 0) is 6.54 Å². The summed E-state index contributed by atoms with van der Waals surface area (Å²) in [7, 11) is 0. The summed E-state index contributed by atoms with van der Waals surface area (Å²) in [5.41, 5.74) is 2.06. The van der Waals surface area contributed by atoms with Gasteiger partial charge in [0.2, 0.25) is 5.28 Å². The molecule has 1 unspecified atom stereocenters. The van der Waals surface area contributed by atoms with Crippen LogP contribution in [0.1, 0.15) is 17.2 Å². The lowest BCUT2D eigenvalue weighted by Crippen LogP contribution is -2.08. The average molecular weight is 237 g/mol. The zero-order valence-corrected chi connectivity index (χ0v) is 9.72. The Balaban J connectivity index is 2.11. The molecule has 0 amide bonds. The fourth-order valence-corrected chi connectivity index (χ4v) is 1.71. The van der Waals surface area contributed by atoms with Gasteiger partial charge in [-0.25, -0.2) is 4.98 Å². The molecule has 1 aromatic heterocycles. The number of halogens is 1. The molecule has 16 heavy (non-hydrogen) atoms. The van der Waals surface area contributed by atoms with Gasteiger partial charge in [0.25, 0.3) is 0 Å². The third-order valence-corrected chi connectivity index (χ3v) is 2.81. The van der Waals surface area contributed by atoms with Crippen molar-refractivity contribution in [2.24, 2.45) is 0 Å². The highest BCUT2D eigenvalue weighted by molar-refractivity contribution is 6.28. The summed E-state index contributed by atoms with van der Waals surface area (Å²) in [5, 5.41) is 10.4. The Hall–Kier alpha value is -1.32. The molecule has 0 saturated heterocycles. The Morgan fingerprint density at radius 3 is 2.62 bits per heavy atom. The van der Waals surface area contributed by atoms with E-state index in [0.717, 1.165) is 5.56 Å². The van der Waals surface area contributed by atoms with E-state index in [1.807, 2.05) is 31.2 Å². The van der Waals surface area contributed by atoms with Gasteiger partial charge in [0.05, 0.1) is 12.6 Å². The van der Waals surface area contributed by atoms with Gasteiger partial charge in [-0.1, -0.05) is 29.8 Å². The summed E-state index contributed by atoms with van der Waals surface area (Å²) >= 11 is 5.84. The van der Waals surface area contributed by atoms with Crippen molar-refractivity contribution in [1.29, 1.82) is 0 Å². The van der Waals surface area contributed by atoms with Gasteiger partial charge >= 0.3 is 0 Å². The lowest BCUT2D eigenvalue weighted by atomic mass is 10.1. The molecule has 0 fully saturated rings. The first-order chi connectivity index (χ1) is 7.66. The van der Waals surface area contributed by atoms with Crippen molar-refractivity contribution < 1.29 is 5.11 Å². The number of imidazole rings is 1. The second-order valence-electron chi connectivity index (χ2n) is 3.78. The van der Waals surface area contributed by atoms with Crippen molar-refractivity contribution in [1.82, 2.24) is 9.55 Å². The maximum absolute atomic E-state index is 10.0. The molecule has 1 atom stereocenters. The molecule has 0 saturated carbocycles. The quantitative estimate of drug-likeness (QED) is 0.890. The van der Waals surface area contributed by atoms with Gasteiger partial charge < -0.3 is 9.67 Å². The summed E-state index contributed by atoms with van der Waals surface area (Å²) in [6.07, 6.45) is 2.80. The molecule has 2 rings (SSSR count). The Morgan fingerprint density at radius 2 is 2.06 bits per heavy atom. The van der Waals surface area contributed by atoms with Crippen LogP contribution in [0.25, 0.3) is 0 Å². The van der Waals surface area contributed by atoms with Gasteiger partial charge in [-0.05, 0) is 24.1 Å². The fraction of sp³-hybridized carbons (Fsp3) is 0.250. The summed E-state index contributed by atoms with van der Waals surface area (Å²) in [6.45, 7) is 2.44. The lowest BCUT2D eigenvalue weighted by Gasteiger charge is -2.12. The van der Waals surface area contributed by atoms with Crippen LogP contribution in [0.5, 0.6) is 0 Å². The third-order valence-electron chi connectivity index (χ3n) is 2.50. The molecule has 1 aromatic carbocycles. The normalized spacial score (nSPS) is 12.7. The summed E-state index contributed by atoms with van der Waals surface area (Å²) < 4.78 is 1.71. The van der Waals surface area contributed by atoms with Gasteiger partial charge in [-0.15, -0.1) is 0 Å². The van der Waals surface area contributed by atoms with Crippen LogP contribution in [0.4, 0.5) is 0 Å². The first-order valence-electron chi connectivity index (χ1n) is 5.08. The topological polar surface area (TPSA) is 38.0 Å². The monoisotopic (exact) mass is 236 g/mol. The molecule has 4 heteroatoms. The molecule has 0 aliphatic carbocycles. The number of nitrogens with zero attached hydrogens (tertiary/aromatic N) is 2. The summed E-state index contributed by atoms with van der Waals surface area (Å²) in [6, 6.07) is 7.80. The second kappa shape index (κ2) is 4.68. The van der Waals surface area contributed by atoms with E-state index in [1.165, 1.54) is 5.56 Å². The Labute approximate surface area is 99.3 Å². The van der Waals surface area contributed by atoms with Crippen molar-refractivity contribution in [3.05, 3.63) is 53.1 Å². The van der Waals surface area contributed by atoms with Crippen LogP contribution < -0.4 is 0 Å². The fourth-order valence-electron chi connectivity index (χ4n) is 1.53. The van der Waals surface area contributed by atoms with E-state index >= 15 is 0 Å². The van der Waals surface area contributed by atoms with E-state index in [1.54, 1.807) is 17.0 Å². The minimum absolute atomic E-state index is 0.395. The number of benzene rings is 1. The predicted octanol–water partition coefficient (Wildman–Crippen LogP) is 2.58. The first-order valence-corrected chi connectivity index (χ1v) is 5.46. The van der Waals surface area contributed by atoms with Crippen molar-refractivity contribution in [2.45, 2.75) is 19.6 Å². The van der Waals surface area contributed by atoms with Crippen LogP contribution in [0.15, 0.2) is 36.7 Å². The molecule has 0 radical (unpaired) electrons. The Bertz CT molecular complexity index is 464. The van der Waals surface area contributed by atoms with E-state index < -0.39 is 6.10 Å². The van der Waals surface area contributed by atoms with Crippen molar-refractivity contribution in [3.63, 3.8) is 0 Å². The zero-order valence-electron chi connectivity index (χ0n) is 8.97. The van der Waals surface area contributed by atoms with Gasteiger partial charge in [0, 0.05) is 12.4 Å². The molecule has 0 bridgehead atoms. The number of hydrogen-bond acceptors (Lipinski definition) is 2. The Kier molecular flexibility index (Phi) is 3.27. The number of aliphatic hydroxyl groups excluding tert-OH is 1. The van der Waals surface area contributed by atoms with Crippen LogP contribution in [0.2, 0.25) is 5.28 Å². The predicted molar refractivity (Wildman–Crippen MR) is 63.4 cm³/mol. The number of hydrogen-bond donors (Lipinski definition) is 1. The third kappa shape index (κ3) is 2.43. The summed E-state index contributed by atoms with van der Waals surface area (Å²) in [4.78, 5) is 3.89. The van der Waals surface area contributed by atoms with Crippen molar-refractivity contribution in [2.75, 3.05) is 0 Å². The molecular weight excluding hydrogens is 224 g/mol. The van der Waals surface area contributed by atoms with E-state index in [9.17, 15) is 5.11 Å². The number of rotatable bonds is 3. The van der Waals surface area contributed by atoms with E-state index in [2.05, 4.69) is 4.98 Å². The van der Waals surface area contributed by atoms with Gasteiger partial charge in [0.15, 0.2) is 0 Å². The minimum Gasteiger partial charge on any atom is -0.387 e. The molecule has 3 nitrogen and oxygen atoms in total. The maximum Gasteiger partial charge on any atom is 0.202 e. The van der Waals surface area contributed by atoms with Crippen molar-refractivity contribution >= 4 is 11.6 Å². The van der Waals surface area contributed by atoms with E-state index in [0.29, 0.717) is 11.8 Å². The molecule has 0 spiro atoms. The zero-order chi connectivity index (χ0) is 11.5. The highest BCUT2D eigenvalue weighted by atomic mass is 35.5. The standard InChI is InChI=1S/C12H13ClN2O/c1-9-2-4-10(5-3-9)11(16)8-15-7-6-14-12(15)13/h2-7,11,16H,8H2,1H3. The largest absolute Gasteiger partial charge is 0.387 e. The molecule has 2 aromatic rings. The van der Waals surface area contributed by atoms with Crippen LogP contribution >= 0.6 is 11.6 Å². The Morgan fingerprint density at radius 1 is 1.38 bits per heavy atom. The van der Waals surface area contributed by atoms with Gasteiger partial charge in [-0.3, -0.25) is 0 Å². The van der Waals surface area contributed by atoms with Crippen LogP contribution in [0.3, 0.4) is 0 Å². The SMILES string of the molecule is Cc1ccc(C(O)Cn2ccnc2Cl)cc1. The molecule has 0 aliphatic rings. The second-order valence-corrected chi connectivity index (χ2v) is 4.11. The van der Waals surface area contributed by atoms with Gasteiger partial charge in [-0.2, -0.15) is 0 Å². The van der Waals surface area contributed by atoms with E-state index in [-0.39, 0.29) is 0 Å². The molecular formula is C12H13ClN2O. The average Bonchev–Trinajstić information content (AvgIpc) is 2.65.